The largest absolute Gasteiger partial charge is 0.371 e. The predicted molar refractivity (Wildman–Crippen MR) is 86.5 cm³/mol. The van der Waals surface area contributed by atoms with E-state index in [1.807, 2.05) is 13.1 Å². The molecule has 2 aromatic rings. The molecular weight excluding hydrogens is 347 g/mol. The van der Waals surface area contributed by atoms with E-state index in [1.165, 1.54) is 4.31 Å². The number of rotatable bonds is 4. The van der Waals surface area contributed by atoms with E-state index in [0.29, 0.717) is 6.54 Å². The fourth-order valence-corrected chi connectivity index (χ4v) is 4.27. The maximum absolute atomic E-state index is 13.3. The van der Waals surface area contributed by atoms with Crippen molar-refractivity contribution in [3.8, 4) is 6.07 Å². The summed E-state index contributed by atoms with van der Waals surface area (Å²) >= 11 is 0. The molecule has 25 heavy (non-hydrogen) atoms. The molecule has 0 spiro atoms. The van der Waals surface area contributed by atoms with Crippen LogP contribution in [0, 0.1) is 17.1 Å². The van der Waals surface area contributed by atoms with Crippen molar-refractivity contribution in [2.75, 3.05) is 19.7 Å². The highest BCUT2D eigenvalue weighted by Gasteiger charge is 2.33. The van der Waals surface area contributed by atoms with Crippen LogP contribution in [0.3, 0.4) is 0 Å². The Kier molecular flexibility index (Phi) is 4.85. The van der Waals surface area contributed by atoms with Gasteiger partial charge in [-0.3, -0.25) is 4.68 Å². The summed E-state index contributed by atoms with van der Waals surface area (Å²) in [5, 5.41) is 13.3. The van der Waals surface area contributed by atoms with Crippen molar-refractivity contribution in [3.63, 3.8) is 0 Å². The Hall–Kier alpha value is -2.28. The van der Waals surface area contributed by atoms with Crippen LogP contribution in [0.5, 0.6) is 0 Å². The number of aryl methyl sites for hydroxylation is 1. The van der Waals surface area contributed by atoms with E-state index in [9.17, 15) is 12.8 Å². The lowest BCUT2D eigenvalue weighted by Gasteiger charge is -2.31. The molecular formula is C16H17FN4O3S. The highest BCUT2D eigenvalue weighted by Crippen LogP contribution is 2.27. The van der Waals surface area contributed by atoms with Gasteiger partial charge in [0, 0.05) is 31.4 Å². The molecule has 1 atom stereocenters. The van der Waals surface area contributed by atoms with E-state index < -0.39 is 21.9 Å². The van der Waals surface area contributed by atoms with Gasteiger partial charge in [-0.2, -0.15) is 14.7 Å². The monoisotopic (exact) mass is 364 g/mol. The number of sulfonamides is 1. The van der Waals surface area contributed by atoms with Crippen molar-refractivity contribution >= 4 is 10.0 Å². The van der Waals surface area contributed by atoms with E-state index in [1.54, 1.807) is 16.9 Å². The molecule has 7 nitrogen and oxygen atoms in total. The van der Waals surface area contributed by atoms with Crippen molar-refractivity contribution in [2.24, 2.45) is 0 Å². The molecule has 132 valence electrons. The van der Waals surface area contributed by atoms with Crippen molar-refractivity contribution in [1.82, 2.24) is 14.1 Å². The van der Waals surface area contributed by atoms with Crippen molar-refractivity contribution in [1.29, 1.82) is 5.26 Å². The molecule has 1 fully saturated rings. The second-order valence-corrected chi connectivity index (χ2v) is 7.51. The van der Waals surface area contributed by atoms with Crippen molar-refractivity contribution in [2.45, 2.75) is 24.5 Å². The number of hydrogen-bond acceptors (Lipinski definition) is 5. The first-order chi connectivity index (χ1) is 12.0. The molecule has 0 unspecified atom stereocenters. The van der Waals surface area contributed by atoms with Gasteiger partial charge in [-0.05, 0) is 25.1 Å². The average molecular weight is 364 g/mol. The lowest BCUT2D eigenvalue weighted by Crippen LogP contribution is -2.42. The molecule has 1 aromatic heterocycles. The number of nitrogens with zero attached hydrogens (tertiary/aromatic N) is 4. The fraction of sp³-hybridized carbons (Fsp3) is 0.375. The Morgan fingerprint density at radius 1 is 1.48 bits per heavy atom. The molecule has 0 amide bonds. The number of nitriles is 1. The summed E-state index contributed by atoms with van der Waals surface area (Å²) in [6.07, 6.45) is 3.04. The highest BCUT2D eigenvalue weighted by atomic mass is 32.2. The van der Waals surface area contributed by atoms with Crippen LogP contribution in [0.15, 0.2) is 35.5 Å². The quantitative estimate of drug-likeness (QED) is 0.823. The van der Waals surface area contributed by atoms with Gasteiger partial charge in [0.1, 0.15) is 16.8 Å². The number of morpholine rings is 1. The van der Waals surface area contributed by atoms with Crippen LogP contribution in [0.2, 0.25) is 0 Å². The zero-order chi connectivity index (χ0) is 18.0. The minimum Gasteiger partial charge on any atom is -0.371 e. The topological polar surface area (TPSA) is 88.2 Å². The summed E-state index contributed by atoms with van der Waals surface area (Å²) in [5.74, 6) is -0.651. The van der Waals surface area contributed by atoms with Gasteiger partial charge in [-0.1, -0.05) is 0 Å². The third-order valence-electron chi connectivity index (χ3n) is 4.06. The van der Waals surface area contributed by atoms with E-state index >= 15 is 0 Å². The van der Waals surface area contributed by atoms with Gasteiger partial charge in [0.25, 0.3) is 0 Å². The number of benzene rings is 1. The molecule has 1 saturated heterocycles. The van der Waals surface area contributed by atoms with Crippen molar-refractivity contribution in [3.05, 3.63) is 47.5 Å². The van der Waals surface area contributed by atoms with E-state index in [4.69, 9.17) is 10.00 Å². The van der Waals surface area contributed by atoms with Gasteiger partial charge in [0.15, 0.2) is 0 Å². The second kappa shape index (κ2) is 6.92. The Bertz CT molecular complexity index is 920. The zero-order valence-corrected chi connectivity index (χ0v) is 14.4. The summed E-state index contributed by atoms with van der Waals surface area (Å²) in [4.78, 5) is -0.193. The zero-order valence-electron chi connectivity index (χ0n) is 13.6. The fourth-order valence-electron chi connectivity index (χ4n) is 2.72. The van der Waals surface area contributed by atoms with Gasteiger partial charge in [0.2, 0.25) is 10.0 Å². The molecule has 1 aliphatic heterocycles. The third-order valence-corrected chi connectivity index (χ3v) is 5.98. The minimum absolute atomic E-state index is 0.111. The number of ether oxygens (including phenoxy) is 1. The molecule has 1 aromatic carbocycles. The van der Waals surface area contributed by atoms with Crippen molar-refractivity contribution < 1.29 is 17.5 Å². The smallest absolute Gasteiger partial charge is 0.244 e. The minimum atomic E-state index is -3.92. The molecule has 9 heteroatoms. The summed E-state index contributed by atoms with van der Waals surface area (Å²) < 4.78 is 47.8. The average Bonchev–Trinajstić information content (AvgIpc) is 3.10. The van der Waals surface area contributed by atoms with Crippen LogP contribution in [-0.2, 0) is 21.3 Å². The Morgan fingerprint density at radius 3 is 2.96 bits per heavy atom. The van der Waals surface area contributed by atoms with Gasteiger partial charge in [0.05, 0.1) is 24.5 Å². The van der Waals surface area contributed by atoms with Crippen LogP contribution in [-0.4, -0.2) is 42.2 Å². The summed E-state index contributed by atoms with van der Waals surface area (Å²) in [7, 11) is -3.92. The first-order valence-electron chi connectivity index (χ1n) is 7.79. The molecule has 0 N–H and O–H groups in total. The van der Waals surface area contributed by atoms with E-state index in [2.05, 4.69) is 5.10 Å². The maximum Gasteiger partial charge on any atom is 0.244 e. The van der Waals surface area contributed by atoms with Gasteiger partial charge < -0.3 is 4.74 Å². The van der Waals surface area contributed by atoms with Crippen LogP contribution in [0.1, 0.15) is 24.2 Å². The molecule has 3 rings (SSSR count). The van der Waals surface area contributed by atoms with Gasteiger partial charge >= 0.3 is 0 Å². The highest BCUT2D eigenvalue weighted by molar-refractivity contribution is 7.89. The SMILES string of the molecule is CCn1cc([C@@H]2CN(S(=O)(=O)c3ccc(F)cc3C#N)CCO2)cn1. The molecule has 0 saturated carbocycles. The Labute approximate surface area is 145 Å². The molecule has 1 aliphatic rings. The predicted octanol–water partition coefficient (Wildman–Crippen LogP) is 1.68. The maximum atomic E-state index is 13.3. The lowest BCUT2D eigenvalue weighted by molar-refractivity contribution is -0.00260. The first kappa shape index (κ1) is 17.5. The normalized spacial score (nSPS) is 18.8. The van der Waals surface area contributed by atoms with Crippen LogP contribution < -0.4 is 0 Å². The summed E-state index contributed by atoms with van der Waals surface area (Å²) in [6.45, 7) is 3.16. The Morgan fingerprint density at radius 2 is 2.28 bits per heavy atom. The Balaban J connectivity index is 1.89. The molecule has 2 heterocycles. The number of aromatic nitrogens is 2. The standard InChI is InChI=1S/C16H17FN4O3S/c1-2-20-10-13(9-19-20)15-11-21(5-6-24-15)25(22,23)16-4-3-14(17)7-12(16)8-18/h3-4,7,9-10,15H,2,5-6,11H2,1H3/t15-/m0/s1. The van der Waals surface area contributed by atoms with Crippen LogP contribution >= 0.6 is 0 Å². The number of halogens is 1. The summed E-state index contributed by atoms with van der Waals surface area (Å²) in [5.41, 5.74) is 0.586. The summed E-state index contributed by atoms with van der Waals surface area (Å²) in [6, 6.07) is 4.84. The second-order valence-electron chi connectivity index (χ2n) is 5.60. The lowest BCUT2D eigenvalue weighted by atomic mass is 10.2. The first-order valence-corrected chi connectivity index (χ1v) is 9.23. The van der Waals surface area contributed by atoms with E-state index in [0.717, 1.165) is 23.8 Å². The molecule has 0 bridgehead atoms. The van der Waals surface area contributed by atoms with Crippen LogP contribution in [0.25, 0.3) is 0 Å². The molecule has 0 radical (unpaired) electrons. The van der Waals surface area contributed by atoms with Gasteiger partial charge in [-0.25, -0.2) is 12.8 Å². The third kappa shape index (κ3) is 3.42. The number of hydrogen-bond donors (Lipinski definition) is 0. The van der Waals surface area contributed by atoms with E-state index in [-0.39, 0.29) is 30.2 Å². The van der Waals surface area contributed by atoms with Gasteiger partial charge in [-0.15, -0.1) is 0 Å². The molecule has 0 aliphatic carbocycles. The van der Waals surface area contributed by atoms with Crippen LogP contribution in [0.4, 0.5) is 4.39 Å².